The minimum Gasteiger partial charge on any atom is -0.490 e. The smallest absolute Gasteiger partial charge is 0.277 e. The lowest BCUT2D eigenvalue weighted by Crippen LogP contribution is -2.24. The Kier molecular flexibility index (Phi) is 7.31. The van der Waals surface area contributed by atoms with Crippen molar-refractivity contribution in [2.45, 2.75) is 13.8 Å². The number of benzene rings is 2. The second-order valence-electron chi connectivity index (χ2n) is 4.97. The zero-order chi connectivity index (χ0) is 17.9. The van der Waals surface area contributed by atoms with Crippen molar-refractivity contribution in [1.82, 2.24) is 5.43 Å². The van der Waals surface area contributed by atoms with Crippen LogP contribution in [0.3, 0.4) is 0 Å². The highest BCUT2D eigenvalue weighted by atomic mass is 16.5. The number of hydrogen-bond donors (Lipinski definition) is 1. The number of hydrogen-bond acceptors (Lipinski definition) is 5. The van der Waals surface area contributed by atoms with Crippen molar-refractivity contribution in [3.63, 3.8) is 0 Å². The first-order valence-corrected chi connectivity index (χ1v) is 8.12. The molecule has 0 bridgehead atoms. The molecule has 2 rings (SSSR count). The van der Waals surface area contributed by atoms with Crippen LogP contribution < -0.4 is 19.6 Å². The van der Waals surface area contributed by atoms with Gasteiger partial charge in [0.2, 0.25) is 0 Å². The van der Waals surface area contributed by atoms with Gasteiger partial charge in [-0.1, -0.05) is 18.2 Å². The average Bonchev–Trinajstić information content (AvgIpc) is 2.63. The van der Waals surface area contributed by atoms with E-state index in [4.69, 9.17) is 14.2 Å². The van der Waals surface area contributed by atoms with Crippen LogP contribution in [0.1, 0.15) is 19.4 Å². The van der Waals surface area contributed by atoms with Crippen LogP contribution in [0.2, 0.25) is 0 Å². The molecule has 0 aliphatic rings. The lowest BCUT2D eigenvalue weighted by atomic mass is 10.2. The fourth-order valence-corrected chi connectivity index (χ4v) is 2.02. The molecular formula is C19H22N2O4. The van der Waals surface area contributed by atoms with Crippen molar-refractivity contribution in [1.29, 1.82) is 0 Å². The monoisotopic (exact) mass is 342 g/mol. The summed E-state index contributed by atoms with van der Waals surface area (Å²) in [5.41, 5.74) is 3.21. The molecule has 0 aliphatic heterocycles. The fraction of sp³-hybridized carbons (Fsp3) is 0.263. The Bertz CT molecular complexity index is 702. The number of nitrogens with zero attached hydrogens (tertiary/aromatic N) is 1. The minimum atomic E-state index is -0.337. The van der Waals surface area contributed by atoms with Crippen LogP contribution in [0.25, 0.3) is 0 Å². The molecule has 1 N–H and O–H groups in total. The normalized spacial score (nSPS) is 10.5. The number of carbonyl (C=O) groups is 1. The van der Waals surface area contributed by atoms with Crippen molar-refractivity contribution in [3.05, 3.63) is 54.1 Å². The Morgan fingerprint density at radius 2 is 1.72 bits per heavy atom. The van der Waals surface area contributed by atoms with Gasteiger partial charge in [0.15, 0.2) is 18.1 Å². The number of para-hydroxylation sites is 1. The molecule has 25 heavy (non-hydrogen) atoms. The molecule has 0 heterocycles. The van der Waals surface area contributed by atoms with Gasteiger partial charge in [-0.2, -0.15) is 5.10 Å². The number of carbonyl (C=O) groups excluding carboxylic acids is 1. The standard InChI is InChI=1S/C19H22N2O4/c1-3-23-17-11-10-15(12-18(17)24-4-2)13-20-21-19(22)14-25-16-8-6-5-7-9-16/h5-13H,3-4,14H2,1-2H3,(H,21,22)/b20-13-. The lowest BCUT2D eigenvalue weighted by Gasteiger charge is -2.11. The summed E-state index contributed by atoms with van der Waals surface area (Å²) in [4.78, 5) is 11.7. The van der Waals surface area contributed by atoms with E-state index in [-0.39, 0.29) is 12.5 Å². The maximum absolute atomic E-state index is 11.7. The van der Waals surface area contributed by atoms with Crippen molar-refractivity contribution < 1.29 is 19.0 Å². The first-order chi connectivity index (χ1) is 12.2. The first kappa shape index (κ1) is 18.3. The average molecular weight is 342 g/mol. The summed E-state index contributed by atoms with van der Waals surface area (Å²) in [6, 6.07) is 14.6. The van der Waals surface area contributed by atoms with Gasteiger partial charge in [0.1, 0.15) is 5.75 Å². The van der Waals surface area contributed by atoms with Crippen LogP contribution in [0, 0.1) is 0 Å². The van der Waals surface area contributed by atoms with E-state index in [2.05, 4.69) is 10.5 Å². The van der Waals surface area contributed by atoms with Gasteiger partial charge in [0, 0.05) is 0 Å². The Morgan fingerprint density at radius 3 is 2.44 bits per heavy atom. The predicted octanol–water partition coefficient (Wildman–Crippen LogP) is 3.01. The van der Waals surface area contributed by atoms with Crippen LogP contribution in [-0.4, -0.2) is 31.9 Å². The minimum absolute atomic E-state index is 0.102. The van der Waals surface area contributed by atoms with Crippen LogP contribution in [0.4, 0.5) is 0 Å². The van der Waals surface area contributed by atoms with Gasteiger partial charge in [-0.05, 0) is 49.7 Å². The van der Waals surface area contributed by atoms with Gasteiger partial charge in [-0.3, -0.25) is 4.79 Å². The molecule has 1 amide bonds. The number of hydrazone groups is 1. The maximum atomic E-state index is 11.7. The van der Waals surface area contributed by atoms with Gasteiger partial charge in [0.25, 0.3) is 5.91 Å². The van der Waals surface area contributed by atoms with Crippen molar-refractivity contribution >= 4 is 12.1 Å². The largest absolute Gasteiger partial charge is 0.490 e. The third kappa shape index (κ3) is 6.18. The van der Waals surface area contributed by atoms with Gasteiger partial charge in [-0.25, -0.2) is 5.43 Å². The zero-order valence-corrected chi connectivity index (χ0v) is 14.4. The first-order valence-electron chi connectivity index (χ1n) is 8.12. The van der Waals surface area contributed by atoms with E-state index < -0.39 is 0 Å². The van der Waals surface area contributed by atoms with Crippen LogP contribution in [0.5, 0.6) is 17.2 Å². The highest BCUT2D eigenvalue weighted by molar-refractivity contribution is 5.83. The summed E-state index contributed by atoms with van der Waals surface area (Å²) in [7, 11) is 0. The fourth-order valence-electron chi connectivity index (χ4n) is 2.02. The van der Waals surface area contributed by atoms with Crippen molar-refractivity contribution in [2.75, 3.05) is 19.8 Å². The molecule has 132 valence electrons. The molecule has 0 spiro atoms. The molecule has 0 unspecified atom stereocenters. The van der Waals surface area contributed by atoms with E-state index in [9.17, 15) is 4.79 Å². The third-order valence-electron chi connectivity index (χ3n) is 3.08. The number of rotatable bonds is 9. The summed E-state index contributed by atoms with van der Waals surface area (Å²) in [6.45, 7) is 4.82. The highest BCUT2D eigenvalue weighted by Gasteiger charge is 2.05. The molecule has 0 aromatic heterocycles. The number of ether oxygens (including phenoxy) is 3. The summed E-state index contributed by atoms with van der Waals surface area (Å²) in [5.74, 6) is 1.62. The molecule has 0 radical (unpaired) electrons. The second-order valence-corrected chi connectivity index (χ2v) is 4.97. The molecule has 0 saturated carbocycles. The van der Waals surface area contributed by atoms with E-state index in [1.807, 2.05) is 50.2 Å². The molecule has 0 saturated heterocycles. The summed E-state index contributed by atoms with van der Waals surface area (Å²) in [6.07, 6.45) is 1.54. The highest BCUT2D eigenvalue weighted by Crippen LogP contribution is 2.27. The summed E-state index contributed by atoms with van der Waals surface area (Å²) < 4.78 is 16.4. The SMILES string of the molecule is CCOc1ccc(/C=N\NC(=O)COc2ccccc2)cc1OCC. The van der Waals surface area contributed by atoms with E-state index in [0.717, 1.165) is 5.56 Å². The number of nitrogens with one attached hydrogen (secondary N) is 1. The second kappa shape index (κ2) is 9.97. The van der Waals surface area contributed by atoms with Gasteiger partial charge < -0.3 is 14.2 Å². The van der Waals surface area contributed by atoms with Crippen LogP contribution in [-0.2, 0) is 4.79 Å². The molecule has 6 nitrogen and oxygen atoms in total. The molecule has 2 aromatic rings. The topological polar surface area (TPSA) is 69.2 Å². The molecule has 0 fully saturated rings. The number of amides is 1. The maximum Gasteiger partial charge on any atom is 0.277 e. The molecule has 0 atom stereocenters. The van der Waals surface area contributed by atoms with Crippen molar-refractivity contribution in [2.24, 2.45) is 5.10 Å². The lowest BCUT2D eigenvalue weighted by molar-refractivity contribution is -0.123. The Morgan fingerprint density at radius 1 is 1.00 bits per heavy atom. The van der Waals surface area contributed by atoms with E-state index >= 15 is 0 Å². The quantitative estimate of drug-likeness (QED) is 0.562. The van der Waals surface area contributed by atoms with Gasteiger partial charge in [0.05, 0.1) is 19.4 Å². The Balaban J connectivity index is 1.88. The summed E-state index contributed by atoms with van der Waals surface area (Å²) in [5, 5.41) is 3.93. The van der Waals surface area contributed by atoms with E-state index in [1.165, 1.54) is 0 Å². The Labute approximate surface area is 147 Å². The van der Waals surface area contributed by atoms with E-state index in [0.29, 0.717) is 30.5 Å². The summed E-state index contributed by atoms with van der Waals surface area (Å²) >= 11 is 0. The van der Waals surface area contributed by atoms with Crippen LogP contribution >= 0.6 is 0 Å². The molecule has 6 heteroatoms. The van der Waals surface area contributed by atoms with Crippen molar-refractivity contribution in [3.8, 4) is 17.2 Å². The third-order valence-corrected chi connectivity index (χ3v) is 3.08. The zero-order valence-electron chi connectivity index (χ0n) is 14.4. The van der Waals surface area contributed by atoms with E-state index in [1.54, 1.807) is 18.3 Å². The molecule has 0 aliphatic carbocycles. The molecule has 2 aromatic carbocycles. The van der Waals surface area contributed by atoms with Crippen LogP contribution in [0.15, 0.2) is 53.6 Å². The molecular weight excluding hydrogens is 320 g/mol. The van der Waals surface area contributed by atoms with Gasteiger partial charge >= 0.3 is 0 Å². The Hall–Kier alpha value is -3.02. The van der Waals surface area contributed by atoms with Gasteiger partial charge in [-0.15, -0.1) is 0 Å². The predicted molar refractivity (Wildman–Crippen MR) is 96.5 cm³/mol.